The molecule has 0 heterocycles. The highest BCUT2D eigenvalue weighted by atomic mass is 32.2. The summed E-state index contributed by atoms with van der Waals surface area (Å²) in [4.78, 5) is 0.902. The van der Waals surface area contributed by atoms with Crippen molar-refractivity contribution in [2.75, 3.05) is 39.8 Å². The molecule has 0 saturated carbocycles. The van der Waals surface area contributed by atoms with Crippen molar-refractivity contribution in [2.45, 2.75) is 11.3 Å². The first-order valence-corrected chi connectivity index (χ1v) is 7.81. The fraction of sp³-hybridized carbons (Fsp3) is 0.500. The molecule has 0 spiro atoms. The third-order valence-electron chi connectivity index (χ3n) is 2.69. The van der Waals surface area contributed by atoms with Crippen molar-refractivity contribution < 1.29 is 19.4 Å². The Balaban J connectivity index is 2.55. The second-order valence-electron chi connectivity index (χ2n) is 4.13. The standard InChI is InChI=1S/C14H22N2O4S/c1-18-9-10-19-7-4-8-20-11-5-3-6-12(21-2)13(11)14(15)16-17/h3,5-6,17H,4,7-10H2,1-2H3,(H2,15,16). The number of rotatable bonds is 10. The molecule has 21 heavy (non-hydrogen) atoms. The fourth-order valence-corrected chi connectivity index (χ4v) is 2.32. The molecule has 0 amide bonds. The lowest BCUT2D eigenvalue weighted by atomic mass is 10.2. The van der Waals surface area contributed by atoms with Crippen LogP contribution >= 0.6 is 11.8 Å². The topological polar surface area (TPSA) is 86.3 Å². The number of benzene rings is 1. The van der Waals surface area contributed by atoms with Gasteiger partial charge in [-0.1, -0.05) is 11.2 Å². The van der Waals surface area contributed by atoms with Gasteiger partial charge in [0.25, 0.3) is 0 Å². The first-order valence-electron chi connectivity index (χ1n) is 6.59. The molecule has 0 aromatic heterocycles. The molecule has 0 unspecified atom stereocenters. The van der Waals surface area contributed by atoms with Crippen molar-refractivity contribution in [2.24, 2.45) is 10.9 Å². The molecule has 1 rings (SSSR count). The van der Waals surface area contributed by atoms with Gasteiger partial charge < -0.3 is 25.2 Å². The Kier molecular flexibility index (Phi) is 8.65. The Hall–Kier alpha value is -1.44. The van der Waals surface area contributed by atoms with E-state index in [2.05, 4.69) is 5.16 Å². The highest BCUT2D eigenvalue weighted by Gasteiger charge is 2.13. The van der Waals surface area contributed by atoms with Crippen LogP contribution in [-0.2, 0) is 9.47 Å². The molecule has 1 aromatic rings. The Morgan fingerprint density at radius 3 is 2.76 bits per heavy atom. The summed E-state index contributed by atoms with van der Waals surface area (Å²) in [5.74, 6) is 0.653. The first-order chi connectivity index (χ1) is 10.2. The van der Waals surface area contributed by atoms with Gasteiger partial charge in [0.05, 0.1) is 25.4 Å². The fourth-order valence-electron chi connectivity index (χ4n) is 1.69. The molecule has 0 saturated heterocycles. The van der Waals surface area contributed by atoms with Crippen LogP contribution in [0.1, 0.15) is 12.0 Å². The third-order valence-corrected chi connectivity index (χ3v) is 3.47. The minimum atomic E-state index is 0.0475. The summed E-state index contributed by atoms with van der Waals surface area (Å²) in [6.45, 7) is 2.26. The molecule has 0 aliphatic rings. The van der Waals surface area contributed by atoms with E-state index in [-0.39, 0.29) is 5.84 Å². The van der Waals surface area contributed by atoms with Crippen LogP contribution in [0.3, 0.4) is 0 Å². The number of hydrogen-bond acceptors (Lipinski definition) is 6. The maximum absolute atomic E-state index is 8.89. The van der Waals surface area contributed by atoms with E-state index >= 15 is 0 Å². The van der Waals surface area contributed by atoms with Gasteiger partial charge in [-0.15, -0.1) is 11.8 Å². The number of ether oxygens (including phenoxy) is 3. The minimum absolute atomic E-state index is 0.0475. The molecule has 7 heteroatoms. The molecule has 118 valence electrons. The van der Waals surface area contributed by atoms with Gasteiger partial charge in [0, 0.05) is 25.0 Å². The van der Waals surface area contributed by atoms with E-state index in [1.165, 1.54) is 11.8 Å². The molecule has 0 aliphatic heterocycles. The van der Waals surface area contributed by atoms with Gasteiger partial charge >= 0.3 is 0 Å². The molecule has 1 aromatic carbocycles. The number of hydrogen-bond donors (Lipinski definition) is 2. The highest BCUT2D eigenvalue weighted by Crippen LogP contribution is 2.28. The number of oxime groups is 1. The predicted molar refractivity (Wildman–Crippen MR) is 83.5 cm³/mol. The van der Waals surface area contributed by atoms with Crippen molar-refractivity contribution in [3.63, 3.8) is 0 Å². The molecular weight excluding hydrogens is 292 g/mol. The molecule has 3 N–H and O–H groups in total. The van der Waals surface area contributed by atoms with Gasteiger partial charge in [-0.2, -0.15) is 0 Å². The summed E-state index contributed by atoms with van der Waals surface area (Å²) in [6.07, 6.45) is 2.68. The summed E-state index contributed by atoms with van der Waals surface area (Å²) in [5.41, 5.74) is 6.34. The van der Waals surface area contributed by atoms with Crippen LogP contribution < -0.4 is 10.5 Å². The Morgan fingerprint density at radius 2 is 2.10 bits per heavy atom. The van der Waals surface area contributed by atoms with Gasteiger partial charge in [0.15, 0.2) is 5.84 Å². The SMILES string of the molecule is COCCOCCCOc1cccc(SC)c1/C(N)=N/O. The van der Waals surface area contributed by atoms with Crippen LogP contribution in [-0.4, -0.2) is 50.8 Å². The number of amidine groups is 1. The molecule has 6 nitrogen and oxygen atoms in total. The number of thioether (sulfide) groups is 1. The zero-order chi connectivity index (χ0) is 15.5. The number of methoxy groups -OCH3 is 1. The number of nitrogens with zero attached hydrogens (tertiary/aromatic N) is 1. The number of nitrogens with two attached hydrogens (primary N) is 1. The summed E-state index contributed by atoms with van der Waals surface area (Å²) >= 11 is 1.52. The zero-order valence-corrected chi connectivity index (χ0v) is 13.2. The molecule has 0 aliphatic carbocycles. The second kappa shape index (κ2) is 10.3. The Labute approximate surface area is 129 Å². The van der Waals surface area contributed by atoms with Crippen molar-refractivity contribution in [1.82, 2.24) is 0 Å². The largest absolute Gasteiger partial charge is 0.493 e. The van der Waals surface area contributed by atoms with E-state index in [9.17, 15) is 0 Å². The van der Waals surface area contributed by atoms with E-state index in [1.807, 2.05) is 18.4 Å². The van der Waals surface area contributed by atoms with E-state index in [1.54, 1.807) is 13.2 Å². The highest BCUT2D eigenvalue weighted by molar-refractivity contribution is 7.98. The molecule has 0 bridgehead atoms. The van der Waals surface area contributed by atoms with E-state index in [4.69, 9.17) is 25.2 Å². The maximum atomic E-state index is 8.89. The van der Waals surface area contributed by atoms with Crippen LogP contribution in [0.2, 0.25) is 0 Å². The zero-order valence-electron chi connectivity index (χ0n) is 12.4. The van der Waals surface area contributed by atoms with Gasteiger partial charge in [0.1, 0.15) is 5.75 Å². The summed E-state index contributed by atoms with van der Waals surface area (Å²) < 4.78 is 16.0. The Bertz CT molecular complexity index is 455. The van der Waals surface area contributed by atoms with Crippen LogP contribution in [0, 0.1) is 0 Å². The van der Waals surface area contributed by atoms with E-state index < -0.39 is 0 Å². The average Bonchev–Trinajstić information content (AvgIpc) is 2.52. The third kappa shape index (κ3) is 5.82. The van der Waals surface area contributed by atoms with Gasteiger partial charge in [-0.05, 0) is 18.4 Å². The average molecular weight is 314 g/mol. The normalized spacial score (nSPS) is 11.6. The predicted octanol–water partition coefficient (Wildman–Crippen LogP) is 1.93. The van der Waals surface area contributed by atoms with Crippen molar-refractivity contribution >= 4 is 17.6 Å². The smallest absolute Gasteiger partial charge is 0.174 e. The van der Waals surface area contributed by atoms with Crippen molar-refractivity contribution in [1.29, 1.82) is 0 Å². The Morgan fingerprint density at radius 1 is 1.29 bits per heavy atom. The summed E-state index contributed by atoms with van der Waals surface area (Å²) in [6, 6.07) is 5.59. The van der Waals surface area contributed by atoms with Gasteiger partial charge in [-0.25, -0.2) is 0 Å². The second-order valence-corrected chi connectivity index (χ2v) is 4.97. The van der Waals surface area contributed by atoms with Crippen LogP contribution in [0.4, 0.5) is 0 Å². The van der Waals surface area contributed by atoms with E-state index in [0.29, 0.717) is 37.7 Å². The summed E-state index contributed by atoms with van der Waals surface area (Å²) in [7, 11) is 1.64. The van der Waals surface area contributed by atoms with E-state index in [0.717, 1.165) is 11.3 Å². The lowest BCUT2D eigenvalue weighted by Crippen LogP contribution is -2.16. The molecular formula is C14H22N2O4S. The van der Waals surface area contributed by atoms with Gasteiger partial charge in [0.2, 0.25) is 0 Å². The summed E-state index contributed by atoms with van der Waals surface area (Å²) in [5, 5.41) is 12.0. The van der Waals surface area contributed by atoms with Gasteiger partial charge in [-0.3, -0.25) is 0 Å². The molecule has 0 radical (unpaired) electrons. The quantitative estimate of drug-likeness (QED) is 0.171. The molecule has 0 fully saturated rings. The minimum Gasteiger partial charge on any atom is -0.493 e. The maximum Gasteiger partial charge on any atom is 0.174 e. The monoisotopic (exact) mass is 314 g/mol. The van der Waals surface area contributed by atoms with Crippen LogP contribution in [0.5, 0.6) is 5.75 Å². The first kappa shape index (κ1) is 17.6. The van der Waals surface area contributed by atoms with Crippen LogP contribution in [0.25, 0.3) is 0 Å². The lowest BCUT2D eigenvalue weighted by molar-refractivity contribution is 0.0644. The molecule has 0 atom stereocenters. The van der Waals surface area contributed by atoms with Crippen LogP contribution in [0.15, 0.2) is 28.3 Å². The lowest BCUT2D eigenvalue weighted by Gasteiger charge is -2.13. The van der Waals surface area contributed by atoms with Crippen molar-refractivity contribution in [3.8, 4) is 5.75 Å². The van der Waals surface area contributed by atoms with Crippen molar-refractivity contribution in [3.05, 3.63) is 23.8 Å².